The van der Waals surface area contributed by atoms with E-state index in [0.717, 1.165) is 17.8 Å². The maximum atomic E-state index is 11.0. The monoisotopic (exact) mass is 188 g/mol. The topological polar surface area (TPSA) is 48.6 Å². The van der Waals surface area contributed by atoms with E-state index in [0.29, 0.717) is 0 Å². The van der Waals surface area contributed by atoms with Crippen LogP contribution in [-0.2, 0) is 6.42 Å². The molecule has 0 unspecified atom stereocenters. The van der Waals surface area contributed by atoms with Gasteiger partial charge >= 0.3 is 5.69 Å². The van der Waals surface area contributed by atoms with Crippen molar-refractivity contribution in [2.45, 2.75) is 13.3 Å². The minimum Gasteiger partial charge on any atom is -0.310 e. The lowest BCUT2D eigenvalue weighted by Gasteiger charge is -1.98. The van der Waals surface area contributed by atoms with Gasteiger partial charge in [-0.3, -0.25) is 0 Å². The second-order valence-electron chi connectivity index (χ2n) is 3.35. The number of H-pyrrole nitrogens is 2. The van der Waals surface area contributed by atoms with Gasteiger partial charge in [0.05, 0.1) is 0 Å². The summed E-state index contributed by atoms with van der Waals surface area (Å²) < 4.78 is 0. The molecule has 0 bridgehead atoms. The Kier molecular flexibility index (Phi) is 2.23. The van der Waals surface area contributed by atoms with Crippen LogP contribution in [0, 0.1) is 6.92 Å². The van der Waals surface area contributed by atoms with Gasteiger partial charge in [0.25, 0.3) is 0 Å². The fourth-order valence-electron chi connectivity index (χ4n) is 1.48. The molecule has 2 N–H and O–H groups in total. The summed E-state index contributed by atoms with van der Waals surface area (Å²) in [5.41, 5.74) is 2.94. The van der Waals surface area contributed by atoms with E-state index in [1.165, 1.54) is 5.56 Å². The van der Waals surface area contributed by atoms with Crippen LogP contribution >= 0.6 is 0 Å². The van der Waals surface area contributed by atoms with Crippen LogP contribution in [0.5, 0.6) is 0 Å². The fraction of sp³-hybridized carbons (Fsp3) is 0.182. The SMILES string of the molecule is Cc1[nH]c(=O)[nH]c1Cc1ccccc1. The second-order valence-corrected chi connectivity index (χ2v) is 3.35. The predicted molar refractivity (Wildman–Crippen MR) is 55.4 cm³/mol. The molecule has 0 atom stereocenters. The van der Waals surface area contributed by atoms with Crippen LogP contribution < -0.4 is 5.69 Å². The van der Waals surface area contributed by atoms with Crippen LogP contribution in [0.1, 0.15) is 17.0 Å². The summed E-state index contributed by atoms with van der Waals surface area (Å²) in [7, 11) is 0. The van der Waals surface area contributed by atoms with E-state index in [2.05, 4.69) is 9.97 Å². The van der Waals surface area contributed by atoms with Crippen LogP contribution in [0.15, 0.2) is 35.1 Å². The molecule has 0 saturated carbocycles. The van der Waals surface area contributed by atoms with Crippen molar-refractivity contribution < 1.29 is 0 Å². The summed E-state index contributed by atoms with van der Waals surface area (Å²) in [6, 6.07) is 10.1. The number of rotatable bonds is 2. The molecule has 2 rings (SSSR count). The molecule has 0 radical (unpaired) electrons. The average Bonchev–Trinajstić information content (AvgIpc) is 2.47. The highest BCUT2D eigenvalue weighted by Gasteiger charge is 2.02. The molecule has 0 amide bonds. The van der Waals surface area contributed by atoms with Crippen LogP contribution in [0.4, 0.5) is 0 Å². The summed E-state index contributed by atoms with van der Waals surface area (Å²) in [5, 5.41) is 0. The van der Waals surface area contributed by atoms with Crippen LogP contribution in [0.25, 0.3) is 0 Å². The molecular weight excluding hydrogens is 176 g/mol. The first-order valence-corrected chi connectivity index (χ1v) is 4.57. The van der Waals surface area contributed by atoms with Gasteiger partial charge in [0.15, 0.2) is 0 Å². The maximum Gasteiger partial charge on any atom is 0.323 e. The molecule has 2 aromatic rings. The third-order valence-corrected chi connectivity index (χ3v) is 2.24. The molecule has 72 valence electrons. The van der Waals surface area contributed by atoms with E-state index in [1.807, 2.05) is 37.3 Å². The van der Waals surface area contributed by atoms with E-state index in [9.17, 15) is 4.79 Å². The number of imidazole rings is 1. The van der Waals surface area contributed by atoms with Gasteiger partial charge in [-0.2, -0.15) is 0 Å². The Morgan fingerprint density at radius 1 is 1.14 bits per heavy atom. The lowest BCUT2D eigenvalue weighted by Crippen LogP contribution is -2.01. The minimum atomic E-state index is -0.131. The van der Waals surface area contributed by atoms with Gasteiger partial charge in [0.1, 0.15) is 0 Å². The molecule has 0 spiro atoms. The lowest BCUT2D eigenvalue weighted by molar-refractivity contribution is 1.07. The fourth-order valence-corrected chi connectivity index (χ4v) is 1.48. The summed E-state index contributed by atoms with van der Waals surface area (Å²) in [6.45, 7) is 1.90. The van der Waals surface area contributed by atoms with E-state index in [-0.39, 0.29) is 5.69 Å². The first-order chi connectivity index (χ1) is 6.75. The third kappa shape index (κ3) is 1.76. The van der Waals surface area contributed by atoms with Crippen molar-refractivity contribution in [2.75, 3.05) is 0 Å². The first kappa shape index (κ1) is 8.81. The van der Waals surface area contributed by atoms with Crippen LogP contribution in [0.2, 0.25) is 0 Å². The van der Waals surface area contributed by atoms with Crippen molar-refractivity contribution >= 4 is 0 Å². The zero-order valence-corrected chi connectivity index (χ0v) is 8.00. The van der Waals surface area contributed by atoms with Gasteiger partial charge in [0.2, 0.25) is 0 Å². The molecular formula is C11H12N2O. The number of benzene rings is 1. The number of hydrogen-bond acceptors (Lipinski definition) is 1. The predicted octanol–water partition coefficient (Wildman–Crippen LogP) is 1.60. The normalized spacial score (nSPS) is 10.4. The van der Waals surface area contributed by atoms with Crippen molar-refractivity contribution in [3.05, 3.63) is 57.8 Å². The van der Waals surface area contributed by atoms with E-state index < -0.39 is 0 Å². The molecule has 3 nitrogen and oxygen atoms in total. The van der Waals surface area contributed by atoms with E-state index >= 15 is 0 Å². The molecule has 0 aliphatic carbocycles. The Balaban J connectivity index is 2.27. The van der Waals surface area contributed by atoms with Gasteiger partial charge in [-0.25, -0.2) is 4.79 Å². The van der Waals surface area contributed by atoms with Gasteiger partial charge in [-0.05, 0) is 12.5 Å². The quantitative estimate of drug-likeness (QED) is 0.739. The van der Waals surface area contributed by atoms with Crippen molar-refractivity contribution in [3.63, 3.8) is 0 Å². The molecule has 0 aliphatic heterocycles. The molecule has 14 heavy (non-hydrogen) atoms. The summed E-state index contributed by atoms with van der Waals surface area (Å²) in [5.74, 6) is 0. The Hall–Kier alpha value is -1.77. The third-order valence-electron chi connectivity index (χ3n) is 2.24. The molecule has 1 heterocycles. The summed E-state index contributed by atoms with van der Waals surface area (Å²) in [4.78, 5) is 16.5. The van der Waals surface area contributed by atoms with Crippen molar-refractivity contribution in [3.8, 4) is 0 Å². The standard InChI is InChI=1S/C11H12N2O/c1-8-10(13-11(14)12-8)7-9-5-3-2-4-6-9/h2-6H,7H2,1H3,(H2,12,13,14). The minimum absolute atomic E-state index is 0.131. The second kappa shape index (κ2) is 3.54. The molecule has 1 aromatic heterocycles. The zero-order chi connectivity index (χ0) is 9.97. The average molecular weight is 188 g/mol. The molecule has 0 saturated heterocycles. The van der Waals surface area contributed by atoms with Crippen LogP contribution in [0.3, 0.4) is 0 Å². The van der Waals surface area contributed by atoms with Gasteiger partial charge in [-0.15, -0.1) is 0 Å². The maximum absolute atomic E-state index is 11.0. The number of nitrogens with one attached hydrogen (secondary N) is 2. The van der Waals surface area contributed by atoms with E-state index in [4.69, 9.17) is 0 Å². The summed E-state index contributed by atoms with van der Waals surface area (Å²) in [6.07, 6.45) is 0.769. The Bertz CT molecular complexity index is 468. The molecule has 1 aromatic carbocycles. The largest absolute Gasteiger partial charge is 0.323 e. The highest BCUT2D eigenvalue weighted by atomic mass is 16.1. The molecule has 0 aliphatic rings. The highest BCUT2D eigenvalue weighted by Crippen LogP contribution is 2.07. The number of aromatic amines is 2. The first-order valence-electron chi connectivity index (χ1n) is 4.57. The van der Waals surface area contributed by atoms with Crippen molar-refractivity contribution in [1.82, 2.24) is 9.97 Å². The molecule has 0 fully saturated rings. The zero-order valence-electron chi connectivity index (χ0n) is 8.00. The number of aryl methyl sites for hydroxylation is 1. The lowest BCUT2D eigenvalue weighted by atomic mass is 10.1. The van der Waals surface area contributed by atoms with Crippen molar-refractivity contribution in [1.29, 1.82) is 0 Å². The number of hydrogen-bond donors (Lipinski definition) is 2. The Morgan fingerprint density at radius 3 is 2.43 bits per heavy atom. The van der Waals surface area contributed by atoms with Crippen LogP contribution in [-0.4, -0.2) is 9.97 Å². The van der Waals surface area contributed by atoms with Crippen molar-refractivity contribution in [2.24, 2.45) is 0 Å². The molecule has 3 heteroatoms. The van der Waals surface area contributed by atoms with Gasteiger partial charge < -0.3 is 9.97 Å². The van der Waals surface area contributed by atoms with Gasteiger partial charge in [-0.1, -0.05) is 30.3 Å². The smallest absolute Gasteiger partial charge is 0.310 e. The number of aromatic nitrogens is 2. The highest BCUT2D eigenvalue weighted by molar-refractivity contribution is 5.23. The van der Waals surface area contributed by atoms with E-state index in [1.54, 1.807) is 0 Å². The Morgan fingerprint density at radius 2 is 1.86 bits per heavy atom. The Labute approximate surface area is 81.8 Å². The summed E-state index contributed by atoms with van der Waals surface area (Å²) >= 11 is 0. The van der Waals surface area contributed by atoms with Gasteiger partial charge in [0, 0.05) is 17.8 Å².